The van der Waals surface area contributed by atoms with Gasteiger partial charge in [0.1, 0.15) is 0 Å². The summed E-state index contributed by atoms with van der Waals surface area (Å²) < 4.78 is 0. The molecule has 4 heteroatoms. The van der Waals surface area contributed by atoms with Crippen LogP contribution in [0.15, 0.2) is 36.5 Å². The van der Waals surface area contributed by atoms with Crippen LogP contribution in [0, 0.1) is 5.92 Å². The molecule has 4 nitrogen and oxygen atoms in total. The van der Waals surface area contributed by atoms with E-state index in [4.69, 9.17) is 5.73 Å². The zero-order valence-electron chi connectivity index (χ0n) is 12.7. The average Bonchev–Trinajstić information content (AvgIpc) is 2.50. The smallest absolute Gasteiger partial charge is 0.256 e. The lowest BCUT2D eigenvalue weighted by atomic mass is 10.1. The van der Waals surface area contributed by atoms with E-state index in [-0.39, 0.29) is 5.91 Å². The molecule has 2 N–H and O–H groups in total. The summed E-state index contributed by atoms with van der Waals surface area (Å²) in [7, 11) is 0. The summed E-state index contributed by atoms with van der Waals surface area (Å²) in [4.78, 5) is 19.1. The maximum atomic E-state index is 12.8. The van der Waals surface area contributed by atoms with Gasteiger partial charge in [0.25, 0.3) is 5.91 Å². The van der Waals surface area contributed by atoms with Crippen LogP contribution in [0.5, 0.6) is 0 Å². The second kappa shape index (κ2) is 7.18. The maximum Gasteiger partial charge on any atom is 0.256 e. The van der Waals surface area contributed by atoms with E-state index in [1.54, 1.807) is 6.20 Å². The van der Waals surface area contributed by atoms with Gasteiger partial charge in [-0.15, -0.1) is 0 Å². The summed E-state index contributed by atoms with van der Waals surface area (Å²) in [5.41, 5.74) is 7.03. The van der Waals surface area contributed by atoms with E-state index in [9.17, 15) is 4.79 Å². The molecule has 0 atom stereocenters. The Morgan fingerprint density at radius 1 is 1.29 bits per heavy atom. The Morgan fingerprint density at radius 2 is 2.05 bits per heavy atom. The highest BCUT2D eigenvalue weighted by atomic mass is 16.2. The van der Waals surface area contributed by atoms with Crippen LogP contribution in [-0.4, -0.2) is 35.4 Å². The minimum Gasteiger partial charge on any atom is -0.338 e. The fraction of sp³-hybridized carbons (Fsp3) is 0.412. The molecule has 1 aromatic carbocycles. The van der Waals surface area contributed by atoms with Crippen molar-refractivity contribution in [1.29, 1.82) is 0 Å². The minimum absolute atomic E-state index is 0.0430. The van der Waals surface area contributed by atoms with Crippen molar-refractivity contribution in [3.63, 3.8) is 0 Å². The van der Waals surface area contributed by atoms with Crippen LogP contribution < -0.4 is 5.73 Å². The first-order chi connectivity index (χ1) is 10.1. The lowest BCUT2D eigenvalue weighted by molar-refractivity contribution is 0.0737. The van der Waals surface area contributed by atoms with Gasteiger partial charge < -0.3 is 10.6 Å². The summed E-state index contributed by atoms with van der Waals surface area (Å²) in [6, 6.07) is 9.61. The lowest BCUT2D eigenvalue weighted by Crippen LogP contribution is -2.36. The van der Waals surface area contributed by atoms with Crippen LogP contribution in [0.25, 0.3) is 10.9 Å². The SMILES string of the molecule is CC(C)CN(CCCN)C(=O)c1cccc2cccnc12. The predicted octanol–water partition coefficient (Wildman–Crippen LogP) is 2.68. The molecule has 0 aliphatic carbocycles. The van der Waals surface area contributed by atoms with E-state index in [2.05, 4.69) is 18.8 Å². The number of hydrogen-bond acceptors (Lipinski definition) is 3. The van der Waals surface area contributed by atoms with Crippen LogP contribution in [0.4, 0.5) is 0 Å². The van der Waals surface area contributed by atoms with Crippen LogP contribution in [0.3, 0.4) is 0 Å². The summed E-state index contributed by atoms with van der Waals surface area (Å²) in [6.45, 7) is 6.25. The van der Waals surface area contributed by atoms with Gasteiger partial charge in [0.2, 0.25) is 0 Å². The molecule has 2 rings (SSSR count). The van der Waals surface area contributed by atoms with Gasteiger partial charge in [0, 0.05) is 24.7 Å². The topological polar surface area (TPSA) is 59.2 Å². The molecule has 0 fully saturated rings. The summed E-state index contributed by atoms with van der Waals surface area (Å²) in [5, 5.41) is 0.992. The Morgan fingerprint density at radius 3 is 2.76 bits per heavy atom. The van der Waals surface area contributed by atoms with E-state index in [0.29, 0.717) is 24.6 Å². The zero-order chi connectivity index (χ0) is 15.2. The normalized spacial score (nSPS) is 11.0. The maximum absolute atomic E-state index is 12.8. The summed E-state index contributed by atoms with van der Waals surface area (Å²) in [5.74, 6) is 0.469. The highest BCUT2D eigenvalue weighted by molar-refractivity contribution is 6.05. The molecule has 1 amide bonds. The third kappa shape index (κ3) is 3.79. The number of rotatable bonds is 6. The Bertz CT molecular complexity index is 605. The van der Waals surface area contributed by atoms with E-state index in [1.165, 1.54) is 0 Å². The molecule has 2 aromatic rings. The quantitative estimate of drug-likeness (QED) is 0.887. The van der Waals surface area contributed by atoms with Crippen molar-refractivity contribution in [1.82, 2.24) is 9.88 Å². The Hall–Kier alpha value is -1.94. The minimum atomic E-state index is 0.0430. The van der Waals surface area contributed by atoms with E-state index in [0.717, 1.165) is 23.9 Å². The van der Waals surface area contributed by atoms with Crippen molar-refractivity contribution in [3.8, 4) is 0 Å². The zero-order valence-corrected chi connectivity index (χ0v) is 12.7. The third-order valence-electron chi connectivity index (χ3n) is 3.37. The molecule has 112 valence electrons. The molecular weight excluding hydrogens is 262 g/mol. The van der Waals surface area contributed by atoms with Crippen molar-refractivity contribution in [3.05, 3.63) is 42.1 Å². The first kappa shape index (κ1) is 15.4. The number of aromatic nitrogens is 1. The molecule has 0 unspecified atom stereocenters. The summed E-state index contributed by atoms with van der Waals surface area (Å²) in [6.07, 6.45) is 2.54. The van der Waals surface area contributed by atoms with Crippen LogP contribution in [0.2, 0.25) is 0 Å². The van der Waals surface area contributed by atoms with Gasteiger partial charge in [-0.2, -0.15) is 0 Å². The average molecular weight is 285 g/mol. The number of hydrogen-bond donors (Lipinski definition) is 1. The van der Waals surface area contributed by atoms with Gasteiger partial charge in [-0.25, -0.2) is 0 Å². The number of amides is 1. The number of para-hydroxylation sites is 1. The van der Waals surface area contributed by atoms with Crippen molar-refractivity contribution in [2.24, 2.45) is 11.7 Å². The first-order valence-electron chi connectivity index (χ1n) is 7.46. The first-order valence-corrected chi connectivity index (χ1v) is 7.46. The number of fused-ring (bicyclic) bond motifs is 1. The molecule has 0 saturated heterocycles. The van der Waals surface area contributed by atoms with Crippen molar-refractivity contribution in [2.45, 2.75) is 20.3 Å². The molecule has 0 aliphatic rings. The molecule has 0 radical (unpaired) electrons. The van der Waals surface area contributed by atoms with E-state index < -0.39 is 0 Å². The molecule has 21 heavy (non-hydrogen) atoms. The van der Waals surface area contributed by atoms with Crippen molar-refractivity contribution in [2.75, 3.05) is 19.6 Å². The Balaban J connectivity index is 2.33. The monoisotopic (exact) mass is 285 g/mol. The molecule has 1 heterocycles. The molecule has 0 saturated carbocycles. The second-order valence-corrected chi connectivity index (χ2v) is 5.67. The number of nitrogens with zero attached hydrogens (tertiary/aromatic N) is 2. The Labute approximate surface area is 126 Å². The van der Waals surface area contributed by atoms with Crippen molar-refractivity contribution >= 4 is 16.8 Å². The van der Waals surface area contributed by atoms with Crippen LogP contribution in [0.1, 0.15) is 30.6 Å². The van der Waals surface area contributed by atoms with Gasteiger partial charge in [-0.3, -0.25) is 9.78 Å². The van der Waals surface area contributed by atoms with Gasteiger partial charge in [0.15, 0.2) is 0 Å². The van der Waals surface area contributed by atoms with Crippen LogP contribution in [-0.2, 0) is 0 Å². The lowest BCUT2D eigenvalue weighted by Gasteiger charge is -2.25. The molecule has 0 spiro atoms. The van der Waals surface area contributed by atoms with Gasteiger partial charge >= 0.3 is 0 Å². The highest BCUT2D eigenvalue weighted by Crippen LogP contribution is 2.18. The molecule has 0 bridgehead atoms. The fourth-order valence-electron chi connectivity index (χ4n) is 2.45. The third-order valence-corrected chi connectivity index (χ3v) is 3.37. The van der Waals surface area contributed by atoms with Gasteiger partial charge in [-0.1, -0.05) is 32.0 Å². The Kier molecular flexibility index (Phi) is 5.28. The largest absolute Gasteiger partial charge is 0.338 e. The van der Waals surface area contributed by atoms with Crippen LogP contribution >= 0.6 is 0 Å². The molecule has 1 aromatic heterocycles. The molecular formula is C17H23N3O. The van der Waals surface area contributed by atoms with Gasteiger partial charge in [-0.05, 0) is 31.0 Å². The number of carbonyl (C=O) groups is 1. The molecule has 0 aliphatic heterocycles. The number of pyridine rings is 1. The second-order valence-electron chi connectivity index (χ2n) is 5.67. The van der Waals surface area contributed by atoms with Crippen molar-refractivity contribution < 1.29 is 4.79 Å². The van der Waals surface area contributed by atoms with Gasteiger partial charge in [0.05, 0.1) is 11.1 Å². The van der Waals surface area contributed by atoms with E-state index >= 15 is 0 Å². The number of carbonyl (C=O) groups excluding carboxylic acids is 1. The highest BCUT2D eigenvalue weighted by Gasteiger charge is 2.19. The predicted molar refractivity (Wildman–Crippen MR) is 86.2 cm³/mol. The van der Waals surface area contributed by atoms with E-state index in [1.807, 2.05) is 35.2 Å². The standard InChI is InChI=1S/C17H23N3O/c1-13(2)12-20(11-5-9-18)17(21)15-8-3-6-14-7-4-10-19-16(14)15/h3-4,6-8,10,13H,5,9,11-12,18H2,1-2H3. The fourth-order valence-corrected chi connectivity index (χ4v) is 2.45. The number of benzene rings is 1. The summed E-state index contributed by atoms with van der Waals surface area (Å²) >= 11 is 0. The number of nitrogens with two attached hydrogens (primary N) is 1.